The molecule has 0 radical (unpaired) electrons. The Labute approximate surface area is 111 Å². The summed E-state index contributed by atoms with van der Waals surface area (Å²) in [6.07, 6.45) is 2.62. The van der Waals surface area contributed by atoms with Crippen molar-refractivity contribution in [2.45, 2.75) is 39.7 Å². The summed E-state index contributed by atoms with van der Waals surface area (Å²) in [5, 5.41) is 3.52. The van der Waals surface area contributed by atoms with Crippen molar-refractivity contribution in [2.75, 3.05) is 19.7 Å². The molecule has 0 saturated carbocycles. The van der Waals surface area contributed by atoms with Gasteiger partial charge in [0.25, 0.3) is 0 Å². The Bertz CT molecular complexity index is 390. The molecule has 0 spiro atoms. The molecule has 0 aromatic heterocycles. The highest BCUT2D eigenvalue weighted by Gasteiger charge is 2.40. The molecular weight excluding hydrogens is 222 g/mol. The normalized spacial score (nSPS) is 27.6. The van der Waals surface area contributed by atoms with Crippen molar-refractivity contribution < 1.29 is 4.74 Å². The SMILES string of the molecule is CCNCC1(Cc2cccc(C)c2)CCOC1C. The first kappa shape index (κ1) is 13.6. The quantitative estimate of drug-likeness (QED) is 0.864. The summed E-state index contributed by atoms with van der Waals surface area (Å²) >= 11 is 0. The van der Waals surface area contributed by atoms with Gasteiger partial charge in [0.15, 0.2) is 0 Å². The molecule has 2 rings (SSSR count). The fourth-order valence-electron chi connectivity index (χ4n) is 2.95. The van der Waals surface area contributed by atoms with E-state index >= 15 is 0 Å². The fourth-order valence-corrected chi connectivity index (χ4v) is 2.95. The first-order valence-electron chi connectivity index (χ1n) is 7.04. The van der Waals surface area contributed by atoms with E-state index in [2.05, 4.69) is 50.4 Å². The minimum atomic E-state index is 0.268. The predicted octanol–water partition coefficient (Wildman–Crippen LogP) is 2.94. The molecule has 1 aromatic carbocycles. The van der Waals surface area contributed by atoms with Crippen LogP contribution in [-0.2, 0) is 11.2 Å². The third-order valence-electron chi connectivity index (χ3n) is 4.20. The van der Waals surface area contributed by atoms with Gasteiger partial charge in [-0.25, -0.2) is 0 Å². The highest BCUT2D eigenvalue weighted by molar-refractivity contribution is 5.24. The first-order chi connectivity index (χ1) is 8.66. The smallest absolute Gasteiger partial charge is 0.0619 e. The van der Waals surface area contributed by atoms with Gasteiger partial charge in [0.05, 0.1) is 6.10 Å². The molecule has 2 heteroatoms. The van der Waals surface area contributed by atoms with E-state index in [1.807, 2.05) is 0 Å². The lowest BCUT2D eigenvalue weighted by molar-refractivity contribution is 0.0633. The maximum atomic E-state index is 5.83. The molecule has 100 valence electrons. The summed E-state index contributed by atoms with van der Waals surface area (Å²) in [4.78, 5) is 0. The lowest BCUT2D eigenvalue weighted by Crippen LogP contribution is -2.41. The second-order valence-corrected chi connectivity index (χ2v) is 5.57. The Balaban J connectivity index is 2.14. The Kier molecular flexibility index (Phi) is 4.41. The second-order valence-electron chi connectivity index (χ2n) is 5.57. The van der Waals surface area contributed by atoms with Crippen LogP contribution in [0.2, 0.25) is 0 Å². The monoisotopic (exact) mass is 247 g/mol. The predicted molar refractivity (Wildman–Crippen MR) is 75.9 cm³/mol. The number of benzene rings is 1. The molecular formula is C16H25NO. The van der Waals surface area contributed by atoms with Crippen molar-refractivity contribution in [2.24, 2.45) is 5.41 Å². The zero-order valence-corrected chi connectivity index (χ0v) is 11.8. The molecule has 1 fully saturated rings. The Morgan fingerprint density at radius 2 is 2.28 bits per heavy atom. The molecule has 0 bridgehead atoms. The molecule has 0 amide bonds. The maximum absolute atomic E-state index is 5.83. The van der Waals surface area contributed by atoms with Gasteiger partial charge in [-0.1, -0.05) is 36.8 Å². The van der Waals surface area contributed by atoms with Gasteiger partial charge < -0.3 is 10.1 Å². The van der Waals surface area contributed by atoms with Gasteiger partial charge in [-0.2, -0.15) is 0 Å². The molecule has 2 unspecified atom stereocenters. The molecule has 1 N–H and O–H groups in total. The van der Waals surface area contributed by atoms with E-state index in [1.165, 1.54) is 11.1 Å². The Hall–Kier alpha value is -0.860. The molecule has 1 aliphatic heterocycles. The minimum Gasteiger partial charge on any atom is -0.378 e. The number of hydrogen-bond donors (Lipinski definition) is 1. The zero-order chi connectivity index (χ0) is 13.0. The lowest BCUT2D eigenvalue weighted by atomic mass is 9.76. The van der Waals surface area contributed by atoms with E-state index in [0.29, 0.717) is 6.10 Å². The molecule has 0 aliphatic carbocycles. The van der Waals surface area contributed by atoms with Crippen LogP contribution in [0.3, 0.4) is 0 Å². The number of nitrogens with one attached hydrogen (secondary N) is 1. The van der Waals surface area contributed by atoms with Crippen molar-refractivity contribution in [1.82, 2.24) is 5.32 Å². The van der Waals surface area contributed by atoms with Crippen molar-refractivity contribution >= 4 is 0 Å². The number of aryl methyl sites for hydroxylation is 1. The lowest BCUT2D eigenvalue weighted by Gasteiger charge is -2.33. The largest absolute Gasteiger partial charge is 0.378 e. The van der Waals surface area contributed by atoms with Crippen LogP contribution in [0.1, 0.15) is 31.4 Å². The molecule has 1 aromatic rings. The molecule has 18 heavy (non-hydrogen) atoms. The van der Waals surface area contributed by atoms with Crippen LogP contribution in [0.15, 0.2) is 24.3 Å². The van der Waals surface area contributed by atoms with E-state index in [4.69, 9.17) is 4.74 Å². The summed E-state index contributed by atoms with van der Waals surface area (Å²) in [5.41, 5.74) is 3.05. The summed E-state index contributed by atoms with van der Waals surface area (Å²) < 4.78 is 5.83. The zero-order valence-electron chi connectivity index (χ0n) is 11.8. The van der Waals surface area contributed by atoms with Gasteiger partial charge in [0.1, 0.15) is 0 Å². The van der Waals surface area contributed by atoms with Crippen LogP contribution in [0.5, 0.6) is 0 Å². The third kappa shape index (κ3) is 2.93. The number of hydrogen-bond acceptors (Lipinski definition) is 2. The minimum absolute atomic E-state index is 0.268. The van der Waals surface area contributed by atoms with Crippen LogP contribution in [0, 0.1) is 12.3 Å². The van der Waals surface area contributed by atoms with Crippen LogP contribution in [-0.4, -0.2) is 25.8 Å². The van der Waals surface area contributed by atoms with E-state index < -0.39 is 0 Å². The molecule has 1 saturated heterocycles. The highest BCUT2D eigenvalue weighted by atomic mass is 16.5. The van der Waals surface area contributed by atoms with Gasteiger partial charge in [0.2, 0.25) is 0 Å². The second kappa shape index (κ2) is 5.85. The third-order valence-corrected chi connectivity index (χ3v) is 4.20. The van der Waals surface area contributed by atoms with E-state index in [0.717, 1.165) is 32.5 Å². The first-order valence-corrected chi connectivity index (χ1v) is 7.04. The molecule has 1 heterocycles. The van der Waals surface area contributed by atoms with Crippen LogP contribution in [0.4, 0.5) is 0 Å². The molecule has 1 aliphatic rings. The summed E-state index contributed by atoms with van der Waals surface area (Å²) in [5.74, 6) is 0. The fraction of sp³-hybridized carbons (Fsp3) is 0.625. The van der Waals surface area contributed by atoms with Crippen molar-refractivity contribution in [3.8, 4) is 0 Å². The number of rotatable bonds is 5. The number of ether oxygens (including phenoxy) is 1. The average molecular weight is 247 g/mol. The topological polar surface area (TPSA) is 21.3 Å². The summed E-state index contributed by atoms with van der Waals surface area (Å²) in [6.45, 7) is 9.54. The summed E-state index contributed by atoms with van der Waals surface area (Å²) in [6, 6.07) is 8.87. The van der Waals surface area contributed by atoms with E-state index in [1.54, 1.807) is 0 Å². The van der Waals surface area contributed by atoms with Gasteiger partial charge >= 0.3 is 0 Å². The van der Waals surface area contributed by atoms with E-state index in [9.17, 15) is 0 Å². The van der Waals surface area contributed by atoms with Crippen LogP contribution in [0.25, 0.3) is 0 Å². The van der Waals surface area contributed by atoms with Crippen LogP contribution < -0.4 is 5.32 Å². The van der Waals surface area contributed by atoms with Crippen molar-refractivity contribution in [1.29, 1.82) is 0 Å². The maximum Gasteiger partial charge on any atom is 0.0619 e. The van der Waals surface area contributed by atoms with Gasteiger partial charge in [0, 0.05) is 18.6 Å². The van der Waals surface area contributed by atoms with Crippen LogP contribution >= 0.6 is 0 Å². The average Bonchev–Trinajstić information content (AvgIpc) is 2.69. The molecule has 2 nitrogen and oxygen atoms in total. The van der Waals surface area contributed by atoms with Crippen molar-refractivity contribution in [3.05, 3.63) is 35.4 Å². The Morgan fingerprint density at radius 3 is 2.89 bits per heavy atom. The van der Waals surface area contributed by atoms with E-state index in [-0.39, 0.29) is 5.41 Å². The Morgan fingerprint density at radius 1 is 1.44 bits per heavy atom. The highest BCUT2D eigenvalue weighted by Crippen LogP contribution is 2.37. The molecule has 2 atom stereocenters. The van der Waals surface area contributed by atoms with Crippen molar-refractivity contribution in [3.63, 3.8) is 0 Å². The van der Waals surface area contributed by atoms with Gasteiger partial charge in [-0.05, 0) is 38.8 Å². The summed E-state index contributed by atoms with van der Waals surface area (Å²) in [7, 11) is 0. The standard InChI is InChI=1S/C16H25NO/c1-4-17-12-16(8-9-18-14(16)3)11-15-7-5-6-13(2)10-15/h5-7,10,14,17H,4,8-9,11-12H2,1-3H3. The van der Waals surface area contributed by atoms with Gasteiger partial charge in [-0.3, -0.25) is 0 Å². The van der Waals surface area contributed by atoms with Gasteiger partial charge in [-0.15, -0.1) is 0 Å².